The number of hydrogen-bond donors (Lipinski definition) is 1. The van der Waals surface area contributed by atoms with Crippen LogP contribution in [0.1, 0.15) is 25.8 Å². The fourth-order valence-corrected chi connectivity index (χ4v) is 1.34. The summed E-state index contributed by atoms with van der Waals surface area (Å²) in [5.41, 5.74) is 6.05. The maximum absolute atomic E-state index is 13.0. The van der Waals surface area contributed by atoms with Crippen LogP contribution in [0.25, 0.3) is 0 Å². The first-order valence-corrected chi connectivity index (χ1v) is 4.50. The molecule has 3 heteroatoms. The van der Waals surface area contributed by atoms with E-state index in [4.69, 9.17) is 11.0 Å². The Morgan fingerprint density at radius 2 is 2.21 bits per heavy atom. The van der Waals surface area contributed by atoms with Crippen LogP contribution in [-0.4, -0.2) is 0 Å². The van der Waals surface area contributed by atoms with Gasteiger partial charge in [0.15, 0.2) is 0 Å². The fourth-order valence-electron chi connectivity index (χ4n) is 1.34. The van der Waals surface area contributed by atoms with Crippen LogP contribution in [0.15, 0.2) is 18.2 Å². The molecule has 74 valence electrons. The average molecular weight is 192 g/mol. The Kier molecular flexibility index (Phi) is 2.76. The molecule has 0 aliphatic heterocycles. The predicted octanol–water partition coefficient (Wildman–Crippen LogP) is 2.60. The van der Waals surface area contributed by atoms with Crippen LogP contribution < -0.4 is 5.73 Å². The largest absolute Gasteiger partial charge is 0.398 e. The van der Waals surface area contributed by atoms with Gasteiger partial charge in [0.05, 0.1) is 11.5 Å². The number of halogens is 1. The first-order chi connectivity index (χ1) is 6.53. The molecular weight excluding hydrogens is 179 g/mol. The van der Waals surface area contributed by atoms with Crippen molar-refractivity contribution in [2.75, 3.05) is 5.73 Å². The average Bonchev–Trinajstić information content (AvgIpc) is 2.20. The molecule has 2 N–H and O–H groups in total. The molecule has 0 aliphatic carbocycles. The van der Waals surface area contributed by atoms with E-state index in [0.717, 1.165) is 0 Å². The molecule has 0 radical (unpaired) electrons. The van der Waals surface area contributed by atoms with Crippen molar-refractivity contribution in [1.82, 2.24) is 0 Å². The van der Waals surface area contributed by atoms with Crippen molar-refractivity contribution in [2.45, 2.75) is 25.7 Å². The monoisotopic (exact) mass is 192 g/mol. The van der Waals surface area contributed by atoms with Crippen LogP contribution in [-0.2, 0) is 5.41 Å². The van der Waals surface area contributed by atoms with E-state index in [1.54, 1.807) is 6.92 Å². The van der Waals surface area contributed by atoms with Gasteiger partial charge in [-0.3, -0.25) is 0 Å². The van der Waals surface area contributed by atoms with Gasteiger partial charge in [0.25, 0.3) is 0 Å². The molecule has 0 aromatic heterocycles. The highest BCUT2D eigenvalue weighted by Crippen LogP contribution is 2.31. The van der Waals surface area contributed by atoms with Crippen molar-refractivity contribution < 1.29 is 4.39 Å². The quantitative estimate of drug-likeness (QED) is 0.732. The maximum Gasteiger partial charge on any atom is 0.123 e. The second-order valence-electron chi connectivity index (χ2n) is 3.53. The fraction of sp³-hybridized carbons (Fsp3) is 0.364. The Bertz CT molecular complexity index is 381. The number of nitrogens with two attached hydrogens (primary N) is 1. The van der Waals surface area contributed by atoms with E-state index in [1.165, 1.54) is 18.2 Å². The molecule has 0 bridgehead atoms. The molecule has 0 saturated heterocycles. The summed E-state index contributed by atoms with van der Waals surface area (Å²) in [5, 5.41) is 9.03. The van der Waals surface area contributed by atoms with E-state index < -0.39 is 5.41 Å². The van der Waals surface area contributed by atoms with Gasteiger partial charge in [-0.1, -0.05) is 6.92 Å². The lowest BCUT2D eigenvalue weighted by atomic mass is 9.81. The molecule has 0 amide bonds. The van der Waals surface area contributed by atoms with Crippen molar-refractivity contribution in [2.24, 2.45) is 0 Å². The normalized spacial score (nSPS) is 14.4. The summed E-state index contributed by atoms with van der Waals surface area (Å²) in [5.74, 6) is -0.357. The van der Waals surface area contributed by atoms with Gasteiger partial charge in [-0.15, -0.1) is 0 Å². The second kappa shape index (κ2) is 3.67. The van der Waals surface area contributed by atoms with Crippen LogP contribution in [0, 0.1) is 17.1 Å². The van der Waals surface area contributed by atoms with Gasteiger partial charge in [0, 0.05) is 5.69 Å². The van der Waals surface area contributed by atoms with Crippen LogP contribution >= 0.6 is 0 Å². The number of nitrogen functional groups attached to an aromatic ring is 1. The van der Waals surface area contributed by atoms with Gasteiger partial charge in [0.1, 0.15) is 5.82 Å². The van der Waals surface area contributed by atoms with Crippen molar-refractivity contribution in [3.8, 4) is 6.07 Å². The van der Waals surface area contributed by atoms with Crippen molar-refractivity contribution in [1.29, 1.82) is 5.26 Å². The number of anilines is 1. The molecule has 14 heavy (non-hydrogen) atoms. The van der Waals surface area contributed by atoms with Gasteiger partial charge >= 0.3 is 0 Å². The predicted molar refractivity (Wildman–Crippen MR) is 54.1 cm³/mol. The minimum absolute atomic E-state index is 0.357. The minimum atomic E-state index is -0.702. The highest BCUT2D eigenvalue weighted by Gasteiger charge is 2.26. The molecule has 0 saturated carbocycles. The Balaban J connectivity index is 3.31. The van der Waals surface area contributed by atoms with Gasteiger partial charge < -0.3 is 5.73 Å². The molecule has 0 fully saturated rings. The van der Waals surface area contributed by atoms with E-state index in [-0.39, 0.29) is 5.82 Å². The third-order valence-corrected chi connectivity index (χ3v) is 2.56. The standard InChI is InChI=1S/C11H13FN2/c1-3-11(2,7-13)9-6-8(12)4-5-10(9)14/h4-6H,3,14H2,1-2H3. The zero-order valence-corrected chi connectivity index (χ0v) is 8.34. The Labute approximate surface area is 83.2 Å². The summed E-state index contributed by atoms with van der Waals surface area (Å²) in [6.07, 6.45) is 0.608. The molecule has 1 aromatic rings. The smallest absolute Gasteiger partial charge is 0.123 e. The summed E-state index contributed by atoms with van der Waals surface area (Å²) >= 11 is 0. The minimum Gasteiger partial charge on any atom is -0.398 e. The zero-order chi connectivity index (χ0) is 10.8. The second-order valence-corrected chi connectivity index (χ2v) is 3.53. The van der Waals surface area contributed by atoms with Gasteiger partial charge in [-0.05, 0) is 37.1 Å². The molecule has 0 heterocycles. The summed E-state index contributed by atoms with van der Waals surface area (Å²) in [6.45, 7) is 3.64. The van der Waals surface area contributed by atoms with Crippen molar-refractivity contribution in [3.05, 3.63) is 29.6 Å². The van der Waals surface area contributed by atoms with E-state index in [1.807, 2.05) is 6.92 Å². The lowest BCUT2D eigenvalue weighted by molar-refractivity contribution is 0.573. The molecule has 1 aromatic carbocycles. The lowest BCUT2D eigenvalue weighted by Crippen LogP contribution is -2.20. The lowest BCUT2D eigenvalue weighted by Gasteiger charge is -2.21. The third kappa shape index (κ3) is 1.69. The molecule has 2 nitrogen and oxygen atoms in total. The summed E-state index contributed by atoms with van der Waals surface area (Å²) in [6, 6.07) is 6.30. The molecule has 1 unspecified atom stereocenters. The van der Waals surface area contributed by atoms with E-state index in [9.17, 15) is 4.39 Å². The molecule has 1 rings (SSSR count). The first kappa shape index (κ1) is 10.5. The van der Waals surface area contributed by atoms with Crippen molar-refractivity contribution in [3.63, 3.8) is 0 Å². The summed E-state index contributed by atoms with van der Waals surface area (Å²) in [4.78, 5) is 0. The van der Waals surface area contributed by atoms with E-state index in [2.05, 4.69) is 6.07 Å². The highest BCUT2D eigenvalue weighted by molar-refractivity contribution is 5.53. The number of nitrogens with zero attached hydrogens (tertiary/aromatic N) is 1. The van der Waals surface area contributed by atoms with E-state index >= 15 is 0 Å². The van der Waals surface area contributed by atoms with Crippen molar-refractivity contribution >= 4 is 5.69 Å². The molecule has 1 atom stereocenters. The topological polar surface area (TPSA) is 49.8 Å². The first-order valence-electron chi connectivity index (χ1n) is 4.50. The number of benzene rings is 1. The highest BCUT2D eigenvalue weighted by atomic mass is 19.1. The van der Waals surface area contributed by atoms with Gasteiger partial charge in [0.2, 0.25) is 0 Å². The van der Waals surface area contributed by atoms with Crippen LogP contribution in [0.3, 0.4) is 0 Å². The number of rotatable bonds is 2. The van der Waals surface area contributed by atoms with Gasteiger partial charge in [-0.25, -0.2) is 4.39 Å². The Morgan fingerprint density at radius 3 is 2.71 bits per heavy atom. The SMILES string of the molecule is CCC(C)(C#N)c1cc(F)ccc1N. The van der Waals surface area contributed by atoms with Gasteiger partial charge in [-0.2, -0.15) is 5.26 Å². The summed E-state index contributed by atoms with van der Waals surface area (Å²) in [7, 11) is 0. The zero-order valence-electron chi connectivity index (χ0n) is 8.34. The maximum atomic E-state index is 13.0. The summed E-state index contributed by atoms with van der Waals surface area (Å²) < 4.78 is 13.0. The Morgan fingerprint density at radius 1 is 1.57 bits per heavy atom. The third-order valence-electron chi connectivity index (χ3n) is 2.56. The Hall–Kier alpha value is -1.56. The number of nitriles is 1. The number of hydrogen-bond acceptors (Lipinski definition) is 2. The van der Waals surface area contributed by atoms with Crippen LogP contribution in [0.4, 0.5) is 10.1 Å². The molecular formula is C11H13FN2. The van der Waals surface area contributed by atoms with Crippen LogP contribution in [0.5, 0.6) is 0 Å². The molecule has 0 aliphatic rings. The molecule has 0 spiro atoms. The van der Waals surface area contributed by atoms with Crippen LogP contribution in [0.2, 0.25) is 0 Å². The van der Waals surface area contributed by atoms with E-state index in [0.29, 0.717) is 17.7 Å².